The van der Waals surface area contributed by atoms with Crippen molar-refractivity contribution in [2.24, 2.45) is 21.7 Å². The molecule has 2 saturated carbocycles. The fourth-order valence-corrected chi connectivity index (χ4v) is 5.91. The molecule has 0 radical (unpaired) electrons. The number of carbonyl (C=O) groups is 2. The molecule has 2 fully saturated rings. The molecule has 33 heavy (non-hydrogen) atoms. The Hall–Kier alpha value is -2.57. The van der Waals surface area contributed by atoms with Crippen molar-refractivity contribution in [3.63, 3.8) is 0 Å². The third-order valence-electron chi connectivity index (χ3n) is 8.05. The van der Waals surface area contributed by atoms with Gasteiger partial charge in [0, 0.05) is 29.4 Å². The number of alkyl carbamates (subject to hydrolysis) is 1. The van der Waals surface area contributed by atoms with E-state index < -0.39 is 23.7 Å². The maximum Gasteiger partial charge on any atom is 0.407 e. The Kier molecular flexibility index (Phi) is 5.74. The Morgan fingerprint density at radius 2 is 1.97 bits per heavy atom. The van der Waals surface area contributed by atoms with E-state index >= 15 is 0 Å². The molecule has 5 atom stereocenters. The topological polar surface area (TPSA) is 86.2 Å². The molecule has 2 bridgehead atoms. The summed E-state index contributed by atoms with van der Waals surface area (Å²) in [6.45, 7) is 12.4. The fourth-order valence-electron chi connectivity index (χ4n) is 5.91. The van der Waals surface area contributed by atoms with Gasteiger partial charge in [-0.1, -0.05) is 39.0 Å². The van der Waals surface area contributed by atoms with Gasteiger partial charge in [0.1, 0.15) is 17.5 Å². The highest BCUT2D eigenvalue weighted by Crippen LogP contribution is 2.65. The van der Waals surface area contributed by atoms with Gasteiger partial charge in [-0.3, -0.25) is 4.99 Å². The van der Waals surface area contributed by atoms with Crippen LogP contribution in [0.2, 0.25) is 0 Å². The summed E-state index contributed by atoms with van der Waals surface area (Å²) >= 11 is 0. The first-order valence-corrected chi connectivity index (χ1v) is 11.8. The molecule has 1 N–H and O–H groups in total. The van der Waals surface area contributed by atoms with E-state index in [9.17, 15) is 9.59 Å². The zero-order valence-corrected chi connectivity index (χ0v) is 20.7. The lowest BCUT2D eigenvalue weighted by Gasteiger charge is -2.37. The number of amides is 1. The minimum atomic E-state index is -0.769. The molecule has 0 unspecified atom stereocenters. The second kappa shape index (κ2) is 8.03. The normalized spacial score (nSPS) is 30.7. The molecule has 3 aliphatic rings. The largest absolute Gasteiger partial charge is 0.496 e. The second-order valence-corrected chi connectivity index (χ2v) is 11.2. The summed E-state index contributed by atoms with van der Waals surface area (Å²) in [5, 5.41) is 2.83. The molecule has 1 heterocycles. The van der Waals surface area contributed by atoms with E-state index in [0.29, 0.717) is 5.75 Å². The average molecular weight is 457 g/mol. The highest BCUT2D eigenvalue weighted by Gasteiger charge is 2.67. The number of rotatable bonds is 5. The van der Waals surface area contributed by atoms with Gasteiger partial charge in [-0.15, -0.1) is 0 Å². The molecule has 2 aliphatic carbocycles. The smallest absolute Gasteiger partial charge is 0.407 e. The summed E-state index contributed by atoms with van der Waals surface area (Å²) in [5.41, 5.74) is 1.08. The van der Waals surface area contributed by atoms with Gasteiger partial charge in [-0.05, 0) is 45.1 Å². The Labute approximate surface area is 196 Å². The van der Waals surface area contributed by atoms with E-state index in [1.165, 1.54) is 0 Å². The third kappa shape index (κ3) is 3.89. The van der Waals surface area contributed by atoms with Crippen molar-refractivity contribution in [3.8, 4) is 5.75 Å². The van der Waals surface area contributed by atoms with E-state index in [1.54, 1.807) is 7.11 Å². The lowest BCUT2D eigenvalue weighted by molar-refractivity contribution is -0.152. The van der Waals surface area contributed by atoms with Crippen LogP contribution in [0.1, 0.15) is 65.9 Å². The zero-order chi connectivity index (χ0) is 24.2. The zero-order valence-electron chi connectivity index (χ0n) is 20.7. The van der Waals surface area contributed by atoms with Crippen molar-refractivity contribution < 1.29 is 23.8 Å². The number of benzene rings is 1. The van der Waals surface area contributed by atoms with Crippen LogP contribution >= 0.6 is 0 Å². The van der Waals surface area contributed by atoms with E-state index in [-0.39, 0.29) is 35.4 Å². The van der Waals surface area contributed by atoms with Crippen LogP contribution in [0.25, 0.3) is 0 Å². The first-order chi connectivity index (χ1) is 15.4. The van der Waals surface area contributed by atoms with Crippen LogP contribution < -0.4 is 10.1 Å². The molecule has 7 heteroatoms. The minimum absolute atomic E-state index is 0.0143. The van der Waals surface area contributed by atoms with Crippen LogP contribution in [0.3, 0.4) is 0 Å². The quantitative estimate of drug-likeness (QED) is 0.660. The molecule has 0 aromatic heterocycles. The predicted octanol–water partition coefficient (Wildman–Crippen LogP) is 4.49. The van der Waals surface area contributed by atoms with Gasteiger partial charge in [0.25, 0.3) is 0 Å². The number of nitrogens with zero attached hydrogens (tertiary/aromatic N) is 1. The van der Waals surface area contributed by atoms with Gasteiger partial charge in [-0.25, -0.2) is 9.59 Å². The van der Waals surface area contributed by atoms with Crippen molar-refractivity contribution >= 4 is 17.8 Å². The van der Waals surface area contributed by atoms with Gasteiger partial charge in [0.15, 0.2) is 6.04 Å². The van der Waals surface area contributed by atoms with Crippen molar-refractivity contribution in [3.05, 3.63) is 29.8 Å². The average Bonchev–Trinajstić information content (AvgIpc) is 3.05. The van der Waals surface area contributed by atoms with E-state index in [4.69, 9.17) is 19.2 Å². The van der Waals surface area contributed by atoms with Crippen LogP contribution in [0.4, 0.5) is 4.79 Å². The van der Waals surface area contributed by atoms with Gasteiger partial charge >= 0.3 is 12.1 Å². The summed E-state index contributed by atoms with van der Waals surface area (Å²) in [4.78, 5) is 30.8. The van der Waals surface area contributed by atoms with Gasteiger partial charge < -0.3 is 19.5 Å². The minimum Gasteiger partial charge on any atom is -0.496 e. The molecule has 0 saturated heterocycles. The Morgan fingerprint density at radius 1 is 1.27 bits per heavy atom. The highest BCUT2D eigenvalue weighted by atomic mass is 16.6. The van der Waals surface area contributed by atoms with E-state index in [1.807, 2.05) is 45.0 Å². The Bertz CT molecular complexity index is 979. The molecule has 180 valence electrons. The summed E-state index contributed by atoms with van der Waals surface area (Å²) in [5.74, 6) is 0.122. The summed E-state index contributed by atoms with van der Waals surface area (Å²) in [6, 6.07) is 6.76. The van der Waals surface area contributed by atoms with E-state index in [2.05, 4.69) is 26.1 Å². The first-order valence-electron chi connectivity index (χ1n) is 11.8. The van der Waals surface area contributed by atoms with Gasteiger partial charge in [0.05, 0.1) is 12.8 Å². The van der Waals surface area contributed by atoms with E-state index in [0.717, 1.165) is 24.1 Å². The van der Waals surface area contributed by atoms with Crippen molar-refractivity contribution in [2.45, 2.75) is 78.0 Å². The molecule has 1 aromatic rings. The number of carbonyl (C=O) groups excluding carboxylic acids is 2. The standard InChI is InChI=1S/C26H36N2O5/c1-24(2,3)33-23(30)27-14-16(15-10-8-9-11-18(15)31-7)19-22(29)32-20-17-12-13-26(6,21(20)28-19)25(17,4)5/h8-11,16-17,19-20H,12-14H2,1-7H3,(H,27,30)/t16-,17-,19+,20-,26+/m1/s1. The Morgan fingerprint density at radius 3 is 2.64 bits per heavy atom. The van der Waals surface area contributed by atoms with Crippen LogP contribution in [0.15, 0.2) is 29.3 Å². The summed E-state index contributed by atoms with van der Waals surface area (Å²) < 4.78 is 17.1. The molecule has 1 aromatic carbocycles. The Balaban J connectivity index is 1.70. The molecule has 1 amide bonds. The maximum absolute atomic E-state index is 13.3. The molecule has 7 nitrogen and oxygen atoms in total. The van der Waals surface area contributed by atoms with Crippen LogP contribution in [-0.4, -0.2) is 49.2 Å². The fraction of sp³-hybridized carbons (Fsp3) is 0.654. The number of fused-ring (bicyclic) bond motifs is 5. The predicted molar refractivity (Wildman–Crippen MR) is 126 cm³/mol. The molecular weight excluding hydrogens is 420 g/mol. The molecular formula is C26H36N2O5. The molecule has 4 rings (SSSR count). The van der Waals surface area contributed by atoms with Crippen molar-refractivity contribution in [2.75, 3.05) is 13.7 Å². The van der Waals surface area contributed by atoms with Crippen molar-refractivity contribution in [1.82, 2.24) is 5.32 Å². The number of methoxy groups -OCH3 is 1. The third-order valence-corrected chi connectivity index (χ3v) is 8.05. The number of aliphatic imine (C=N–C) groups is 1. The van der Waals surface area contributed by atoms with Gasteiger partial charge in [-0.2, -0.15) is 0 Å². The highest BCUT2D eigenvalue weighted by molar-refractivity contribution is 6.03. The van der Waals surface area contributed by atoms with Crippen molar-refractivity contribution in [1.29, 1.82) is 0 Å². The van der Waals surface area contributed by atoms with Gasteiger partial charge in [0.2, 0.25) is 0 Å². The van der Waals surface area contributed by atoms with Crippen LogP contribution in [0.5, 0.6) is 5.75 Å². The number of esters is 1. The SMILES string of the molecule is COc1ccccc1[C@@H](CNC(=O)OC(C)(C)C)[C@@H]1N=C2[C@H](OC1=O)[C@H]1CC[C@]2(C)C1(C)C. The lowest BCUT2D eigenvalue weighted by atomic mass is 9.70. The number of hydrogen-bond donors (Lipinski definition) is 1. The number of hydrogen-bond acceptors (Lipinski definition) is 6. The molecule has 0 spiro atoms. The summed E-state index contributed by atoms with van der Waals surface area (Å²) in [6.07, 6.45) is 1.30. The van der Waals surface area contributed by atoms with Crippen LogP contribution in [-0.2, 0) is 14.3 Å². The second-order valence-electron chi connectivity index (χ2n) is 11.2. The number of para-hydroxylation sites is 1. The summed E-state index contributed by atoms with van der Waals surface area (Å²) in [7, 11) is 1.60. The molecule has 1 aliphatic heterocycles. The maximum atomic E-state index is 13.3. The number of nitrogens with one attached hydrogen (secondary N) is 1. The monoisotopic (exact) mass is 456 g/mol. The number of ether oxygens (including phenoxy) is 3. The lowest BCUT2D eigenvalue weighted by Crippen LogP contribution is -2.48. The first kappa shape index (κ1) is 23.6. The van der Waals surface area contributed by atoms with Crippen LogP contribution in [0, 0.1) is 16.7 Å².